The molecule has 0 radical (unpaired) electrons. The first-order valence-corrected chi connectivity index (χ1v) is 7.00. The molecule has 2 unspecified atom stereocenters. The van der Waals surface area contributed by atoms with Gasteiger partial charge in [0.1, 0.15) is 0 Å². The lowest BCUT2D eigenvalue weighted by Crippen LogP contribution is -2.40. The number of hydrogen-bond acceptors (Lipinski definition) is 2. The van der Waals surface area contributed by atoms with Gasteiger partial charge in [-0.1, -0.05) is 40.0 Å². The lowest BCUT2D eigenvalue weighted by Gasteiger charge is -2.30. The molecule has 0 saturated heterocycles. The molecule has 2 atom stereocenters. The van der Waals surface area contributed by atoms with E-state index in [4.69, 9.17) is 5.11 Å². The highest BCUT2D eigenvalue weighted by Crippen LogP contribution is 2.16. The Hall–Kier alpha value is -0.570. The number of carboxylic acid groups (broad SMARTS) is 1. The van der Waals surface area contributed by atoms with Gasteiger partial charge in [-0.3, -0.25) is 9.69 Å². The summed E-state index contributed by atoms with van der Waals surface area (Å²) in [7, 11) is 0. The van der Waals surface area contributed by atoms with E-state index in [-0.39, 0.29) is 6.54 Å². The molecule has 0 aliphatic rings. The van der Waals surface area contributed by atoms with Crippen molar-refractivity contribution in [2.24, 2.45) is 5.92 Å². The van der Waals surface area contributed by atoms with Crippen molar-refractivity contribution >= 4 is 5.97 Å². The summed E-state index contributed by atoms with van der Waals surface area (Å²) in [6, 6.07) is 0.363. The van der Waals surface area contributed by atoms with Crippen LogP contribution in [0.3, 0.4) is 0 Å². The van der Waals surface area contributed by atoms with E-state index in [0.717, 1.165) is 19.4 Å². The van der Waals surface area contributed by atoms with Gasteiger partial charge >= 0.3 is 5.97 Å². The van der Waals surface area contributed by atoms with Crippen LogP contribution < -0.4 is 0 Å². The lowest BCUT2D eigenvalue weighted by atomic mass is 9.98. The number of carbonyl (C=O) groups is 1. The van der Waals surface area contributed by atoms with Gasteiger partial charge in [-0.15, -0.1) is 0 Å². The Kier molecular flexibility index (Phi) is 9.14. The van der Waals surface area contributed by atoms with Crippen molar-refractivity contribution < 1.29 is 9.90 Å². The molecule has 17 heavy (non-hydrogen) atoms. The molecule has 1 N–H and O–H groups in total. The Morgan fingerprint density at radius 1 is 1.24 bits per heavy atom. The van der Waals surface area contributed by atoms with Gasteiger partial charge in [-0.05, 0) is 25.7 Å². The molecular formula is C14H29NO2. The van der Waals surface area contributed by atoms with Crippen LogP contribution in [0.25, 0.3) is 0 Å². The van der Waals surface area contributed by atoms with Crippen molar-refractivity contribution in [3.63, 3.8) is 0 Å². The molecule has 0 aliphatic carbocycles. The van der Waals surface area contributed by atoms with Gasteiger partial charge in [0.2, 0.25) is 0 Å². The fourth-order valence-corrected chi connectivity index (χ4v) is 2.08. The molecule has 0 amide bonds. The molecule has 0 aromatic heterocycles. The van der Waals surface area contributed by atoms with Crippen LogP contribution in [-0.4, -0.2) is 35.1 Å². The Morgan fingerprint density at radius 3 is 2.29 bits per heavy atom. The highest BCUT2D eigenvalue weighted by atomic mass is 16.4. The molecule has 0 bridgehead atoms. The second-order valence-electron chi connectivity index (χ2n) is 5.00. The molecule has 0 aliphatic heterocycles. The van der Waals surface area contributed by atoms with E-state index >= 15 is 0 Å². The van der Waals surface area contributed by atoms with Crippen molar-refractivity contribution in [3.8, 4) is 0 Å². The van der Waals surface area contributed by atoms with Crippen molar-refractivity contribution in [2.75, 3.05) is 13.1 Å². The van der Waals surface area contributed by atoms with Crippen LogP contribution >= 0.6 is 0 Å². The second kappa shape index (κ2) is 9.46. The molecule has 3 heteroatoms. The largest absolute Gasteiger partial charge is 0.480 e. The summed E-state index contributed by atoms with van der Waals surface area (Å²) in [6.45, 7) is 9.75. The van der Waals surface area contributed by atoms with Gasteiger partial charge in [0.25, 0.3) is 0 Å². The maximum atomic E-state index is 10.9. The topological polar surface area (TPSA) is 40.5 Å². The molecule has 0 rings (SSSR count). The number of unbranched alkanes of at least 4 members (excludes halogenated alkanes) is 1. The smallest absolute Gasteiger partial charge is 0.317 e. The molecule has 0 fully saturated rings. The number of aliphatic carboxylic acids is 1. The quantitative estimate of drug-likeness (QED) is 0.639. The Morgan fingerprint density at radius 2 is 1.88 bits per heavy atom. The summed E-state index contributed by atoms with van der Waals surface area (Å²) in [5, 5.41) is 8.95. The van der Waals surface area contributed by atoms with Crippen LogP contribution in [-0.2, 0) is 4.79 Å². The van der Waals surface area contributed by atoms with Gasteiger partial charge < -0.3 is 5.11 Å². The number of carboxylic acids is 1. The highest BCUT2D eigenvalue weighted by molar-refractivity contribution is 5.69. The third-order valence-corrected chi connectivity index (χ3v) is 3.59. The van der Waals surface area contributed by atoms with E-state index in [1.165, 1.54) is 19.3 Å². The Balaban J connectivity index is 4.31. The molecule has 0 spiro atoms. The predicted octanol–water partition coefficient (Wildman–Crippen LogP) is 3.39. The third kappa shape index (κ3) is 7.37. The summed E-state index contributed by atoms with van der Waals surface area (Å²) in [5.74, 6) is -0.0704. The van der Waals surface area contributed by atoms with Crippen LogP contribution in [0.5, 0.6) is 0 Å². The second-order valence-corrected chi connectivity index (χ2v) is 5.00. The molecule has 0 aromatic rings. The third-order valence-electron chi connectivity index (χ3n) is 3.59. The minimum absolute atomic E-state index is 0.178. The number of hydrogen-bond donors (Lipinski definition) is 1. The van der Waals surface area contributed by atoms with Gasteiger partial charge in [0, 0.05) is 12.6 Å². The van der Waals surface area contributed by atoms with E-state index < -0.39 is 5.97 Å². The zero-order valence-corrected chi connectivity index (χ0v) is 11.9. The van der Waals surface area contributed by atoms with E-state index in [2.05, 4.69) is 32.6 Å². The molecule has 0 saturated carbocycles. The monoisotopic (exact) mass is 243 g/mol. The minimum atomic E-state index is -0.712. The average molecular weight is 243 g/mol. The molecule has 102 valence electrons. The van der Waals surface area contributed by atoms with Gasteiger partial charge in [0.05, 0.1) is 6.54 Å². The SMILES string of the molecule is CCCCC(CC)CN(CC(=O)O)C(C)CC. The lowest BCUT2D eigenvalue weighted by molar-refractivity contribution is -0.139. The maximum absolute atomic E-state index is 10.9. The van der Waals surface area contributed by atoms with Crippen molar-refractivity contribution in [1.82, 2.24) is 4.90 Å². The van der Waals surface area contributed by atoms with Gasteiger partial charge in [-0.25, -0.2) is 0 Å². The number of nitrogens with zero attached hydrogens (tertiary/aromatic N) is 1. The minimum Gasteiger partial charge on any atom is -0.480 e. The standard InChI is InChI=1S/C14H29NO2/c1-5-8-9-13(7-3)10-15(11-14(16)17)12(4)6-2/h12-13H,5-11H2,1-4H3,(H,16,17). The summed E-state index contributed by atoms with van der Waals surface area (Å²) in [4.78, 5) is 13.0. The highest BCUT2D eigenvalue weighted by Gasteiger charge is 2.19. The zero-order chi connectivity index (χ0) is 13.3. The molecular weight excluding hydrogens is 214 g/mol. The first-order chi connectivity index (χ1) is 8.04. The van der Waals surface area contributed by atoms with Crippen LogP contribution in [0.4, 0.5) is 0 Å². The van der Waals surface area contributed by atoms with Crippen LogP contribution in [0.2, 0.25) is 0 Å². The Labute approximate surface area is 106 Å². The predicted molar refractivity (Wildman–Crippen MR) is 72.3 cm³/mol. The molecule has 3 nitrogen and oxygen atoms in total. The van der Waals surface area contributed by atoms with Gasteiger partial charge in [-0.2, -0.15) is 0 Å². The Bertz CT molecular complexity index is 206. The number of rotatable bonds is 10. The van der Waals surface area contributed by atoms with E-state index in [9.17, 15) is 4.79 Å². The zero-order valence-electron chi connectivity index (χ0n) is 11.9. The van der Waals surface area contributed by atoms with Crippen LogP contribution in [0.1, 0.15) is 59.8 Å². The van der Waals surface area contributed by atoms with E-state index in [1.807, 2.05) is 0 Å². The molecule has 0 heterocycles. The van der Waals surface area contributed by atoms with Crippen molar-refractivity contribution in [1.29, 1.82) is 0 Å². The first kappa shape index (κ1) is 16.4. The van der Waals surface area contributed by atoms with Crippen molar-refractivity contribution in [3.05, 3.63) is 0 Å². The summed E-state index contributed by atoms with van der Waals surface area (Å²) >= 11 is 0. The van der Waals surface area contributed by atoms with E-state index in [0.29, 0.717) is 12.0 Å². The van der Waals surface area contributed by atoms with Gasteiger partial charge in [0.15, 0.2) is 0 Å². The summed E-state index contributed by atoms with van der Waals surface area (Å²) in [6.07, 6.45) is 5.85. The van der Waals surface area contributed by atoms with Crippen LogP contribution in [0, 0.1) is 5.92 Å². The summed E-state index contributed by atoms with van der Waals surface area (Å²) < 4.78 is 0. The van der Waals surface area contributed by atoms with E-state index in [1.54, 1.807) is 0 Å². The van der Waals surface area contributed by atoms with Crippen LogP contribution in [0.15, 0.2) is 0 Å². The normalized spacial score (nSPS) is 14.9. The fraction of sp³-hybridized carbons (Fsp3) is 0.929. The first-order valence-electron chi connectivity index (χ1n) is 7.00. The van der Waals surface area contributed by atoms with Crippen molar-refractivity contribution in [2.45, 2.75) is 65.8 Å². The average Bonchev–Trinajstić information content (AvgIpc) is 2.31. The fourth-order valence-electron chi connectivity index (χ4n) is 2.08. The maximum Gasteiger partial charge on any atom is 0.317 e. The molecule has 0 aromatic carbocycles. The summed E-state index contributed by atoms with van der Waals surface area (Å²) in [5.41, 5.74) is 0.